The van der Waals surface area contributed by atoms with E-state index in [0.717, 1.165) is 11.8 Å². The summed E-state index contributed by atoms with van der Waals surface area (Å²) >= 11 is 0. The summed E-state index contributed by atoms with van der Waals surface area (Å²) in [5.41, 5.74) is 1.40. The van der Waals surface area contributed by atoms with Gasteiger partial charge in [-0.25, -0.2) is 8.42 Å². The van der Waals surface area contributed by atoms with Gasteiger partial charge in [-0.2, -0.15) is 0 Å². The summed E-state index contributed by atoms with van der Waals surface area (Å²) in [6.45, 7) is 2.26. The molecule has 28 heavy (non-hydrogen) atoms. The molecule has 0 saturated carbocycles. The van der Waals surface area contributed by atoms with Crippen molar-refractivity contribution in [2.75, 3.05) is 25.2 Å². The fourth-order valence-electron chi connectivity index (χ4n) is 2.67. The minimum absolute atomic E-state index is 0.0174. The highest BCUT2D eigenvalue weighted by molar-refractivity contribution is 7.92. The zero-order chi connectivity index (χ0) is 20.9. The van der Waals surface area contributed by atoms with E-state index >= 15 is 0 Å². The van der Waals surface area contributed by atoms with E-state index in [2.05, 4.69) is 10.0 Å². The monoisotopic (exact) mass is 410 g/mol. The van der Waals surface area contributed by atoms with Gasteiger partial charge in [0.15, 0.2) is 0 Å². The van der Waals surface area contributed by atoms with Crippen molar-refractivity contribution in [1.29, 1.82) is 0 Å². The Hall–Kier alpha value is -2.49. The number of phenolic OH excluding ortho intramolecular Hbond substituents is 1. The Kier molecular flexibility index (Phi) is 7.11. The maximum Gasteiger partial charge on any atom is 0.229 e. The number of sulfonamides is 1. The maximum atomic E-state index is 11.4. The predicted molar refractivity (Wildman–Crippen MR) is 107 cm³/mol. The van der Waals surface area contributed by atoms with Crippen molar-refractivity contribution in [3.05, 3.63) is 47.5 Å². The molecule has 0 aliphatic carbocycles. The molecule has 2 aromatic rings. The third kappa shape index (κ3) is 6.01. The van der Waals surface area contributed by atoms with E-state index in [1.807, 2.05) is 12.1 Å². The van der Waals surface area contributed by atoms with Crippen molar-refractivity contribution in [2.24, 2.45) is 0 Å². The Morgan fingerprint density at radius 1 is 1.07 bits per heavy atom. The second-order valence-electron chi connectivity index (χ2n) is 6.49. The molecule has 0 aromatic heterocycles. The molecule has 0 bridgehead atoms. The number of hydrogen-bond donors (Lipinski definition) is 4. The van der Waals surface area contributed by atoms with E-state index in [1.165, 1.54) is 12.1 Å². The Morgan fingerprint density at radius 2 is 1.68 bits per heavy atom. The van der Waals surface area contributed by atoms with Gasteiger partial charge in [0.05, 0.1) is 32.3 Å². The van der Waals surface area contributed by atoms with Gasteiger partial charge in [0.1, 0.15) is 17.2 Å². The SMILES string of the molecule is COc1cc(CNC(C)C(O)c2ccc(O)c(NS(C)(=O)=O)c2)cc(OC)c1. The number of rotatable bonds is 9. The molecule has 8 nitrogen and oxygen atoms in total. The summed E-state index contributed by atoms with van der Waals surface area (Å²) in [4.78, 5) is 0. The van der Waals surface area contributed by atoms with Crippen LogP contribution in [0.4, 0.5) is 5.69 Å². The first-order chi connectivity index (χ1) is 13.1. The molecule has 4 N–H and O–H groups in total. The second kappa shape index (κ2) is 9.13. The lowest BCUT2D eigenvalue weighted by Gasteiger charge is -2.22. The zero-order valence-corrected chi connectivity index (χ0v) is 17.1. The third-order valence-electron chi connectivity index (χ3n) is 4.17. The molecule has 2 atom stereocenters. The molecule has 0 saturated heterocycles. The van der Waals surface area contributed by atoms with Crippen LogP contribution < -0.4 is 19.5 Å². The van der Waals surface area contributed by atoms with Crippen molar-refractivity contribution in [1.82, 2.24) is 5.32 Å². The minimum Gasteiger partial charge on any atom is -0.506 e. The van der Waals surface area contributed by atoms with Crippen LogP contribution in [0.5, 0.6) is 17.2 Å². The van der Waals surface area contributed by atoms with E-state index in [1.54, 1.807) is 33.3 Å². The lowest BCUT2D eigenvalue weighted by Crippen LogP contribution is -2.31. The van der Waals surface area contributed by atoms with Crippen molar-refractivity contribution in [3.63, 3.8) is 0 Å². The maximum absolute atomic E-state index is 11.4. The number of benzene rings is 2. The predicted octanol–water partition coefficient (Wildman–Crippen LogP) is 1.99. The standard InChI is InChI=1S/C19H26N2O6S/c1-12(20-11-13-7-15(26-2)10-16(8-13)27-3)19(23)14-5-6-18(22)17(9-14)21-28(4,24)25/h5-10,12,19-23H,11H2,1-4H3. The van der Waals surface area contributed by atoms with E-state index < -0.39 is 16.1 Å². The van der Waals surface area contributed by atoms with Crippen LogP contribution in [0, 0.1) is 0 Å². The number of ether oxygens (including phenoxy) is 2. The van der Waals surface area contributed by atoms with E-state index in [9.17, 15) is 18.6 Å². The van der Waals surface area contributed by atoms with Gasteiger partial charge in [-0.05, 0) is 42.3 Å². The summed E-state index contributed by atoms with van der Waals surface area (Å²) in [7, 11) is -0.403. The molecule has 0 fully saturated rings. The molecule has 0 spiro atoms. The molecule has 154 valence electrons. The minimum atomic E-state index is -3.55. The largest absolute Gasteiger partial charge is 0.506 e. The van der Waals surface area contributed by atoms with Crippen LogP contribution in [0.1, 0.15) is 24.2 Å². The van der Waals surface area contributed by atoms with Crippen LogP contribution in [0.25, 0.3) is 0 Å². The summed E-state index contributed by atoms with van der Waals surface area (Å²) < 4.78 is 35.6. The van der Waals surface area contributed by atoms with Crippen LogP contribution >= 0.6 is 0 Å². The molecule has 2 aromatic carbocycles. The van der Waals surface area contributed by atoms with Crippen molar-refractivity contribution in [2.45, 2.75) is 25.6 Å². The van der Waals surface area contributed by atoms with Gasteiger partial charge < -0.3 is 25.0 Å². The van der Waals surface area contributed by atoms with Crippen molar-refractivity contribution >= 4 is 15.7 Å². The lowest BCUT2D eigenvalue weighted by atomic mass is 10.0. The molecular formula is C19H26N2O6S. The molecule has 0 aliphatic heterocycles. The van der Waals surface area contributed by atoms with Gasteiger partial charge in [0, 0.05) is 18.7 Å². The first-order valence-electron chi connectivity index (χ1n) is 8.57. The number of phenols is 1. The highest BCUT2D eigenvalue weighted by Gasteiger charge is 2.18. The van der Waals surface area contributed by atoms with Gasteiger partial charge in [-0.15, -0.1) is 0 Å². The van der Waals surface area contributed by atoms with Gasteiger partial charge in [0.2, 0.25) is 10.0 Å². The van der Waals surface area contributed by atoms with Crippen LogP contribution in [0.15, 0.2) is 36.4 Å². The molecule has 0 heterocycles. The Bertz CT molecular complexity index is 894. The smallest absolute Gasteiger partial charge is 0.229 e. The number of aliphatic hydroxyl groups excluding tert-OH is 1. The number of methoxy groups -OCH3 is 2. The first kappa shape index (κ1) is 21.8. The van der Waals surface area contributed by atoms with E-state index in [4.69, 9.17) is 9.47 Å². The first-order valence-corrected chi connectivity index (χ1v) is 10.5. The number of anilines is 1. The summed E-state index contributed by atoms with van der Waals surface area (Å²) in [6.07, 6.45) is 0.0653. The van der Waals surface area contributed by atoms with E-state index in [0.29, 0.717) is 23.6 Å². The highest BCUT2D eigenvalue weighted by atomic mass is 32.2. The fraction of sp³-hybridized carbons (Fsp3) is 0.368. The van der Waals surface area contributed by atoms with Gasteiger partial charge in [0.25, 0.3) is 0 Å². The van der Waals surface area contributed by atoms with Gasteiger partial charge in [-0.1, -0.05) is 6.07 Å². The Balaban J connectivity index is 2.10. The van der Waals surface area contributed by atoms with Crippen molar-refractivity contribution < 1.29 is 28.1 Å². The fourth-order valence-corrected chi connectivity index (χ4v) is 3.23. The topological polar surface area (TPSA) is 117 Å². The van der Waals surface area contributed by atoms with Crippen LogP contribution in [-0.4, -0.2) is 45.1 Å². The molecule has 2 unspecified atom stereocenters. The number of hydrogen-bond acceptors (Lipinski definition) is 7. The number of aromatic hydroxyl groups is 1. The molecule has 0 aliphatic rings. The van der Waals surface area contributed by atoms with E-state index in [-0.39, 0.29) is 17.5 Å². The summed E-state index contributed by atoms with van der Waals surface area (Å²) in [6, 6.07) is 9.44. The average Bonchev–Trinajstić information content (AvgIpc) is 2.65. The van der Waals surface area contributed by atoms with Gasteiger partial charge in [-0.3, -0.25) is 4.72 Å². The average molecular weight is 410 g/mol. The van der Waals surface area contributed by atoms with Crippen molar-refractivity contribution in [3.8, 4) is 17.2 Å². The normalized spacial score (nSPS) is 13.6. The summed E-state index contributed by atoms with van der Waals surface area (Å²) in [5, 5.41) is 23.7. The Labute approximate surface area is 165 Å². The highest BCUT2D eigenvalue weighted by Crippen LogP contribution is 2.29. The van der Waals surface area contributed by atoms with Gasteiger partial charge >= 0.3 is 0 Å². The van der Waals surface area contributed by atoms with Crippen LogP contribution in [-0.2, 0) is 16.6 Å². The molecular weight excluding hydrogens is 384 g/mol. The molecule has 9 heteroatoms. The van der Waals surface area contributed by atoms with Crippen LogP contribution in [0.2, 0.25) is 0 Å². The summed E-state index contributed by atoms with van der Waals surface area (Å²) in [5.74, 6) is 1.12. The Morgan fingerprint density at radius 3 is 2.21 bits per heavy atom. The second-order valence-corrected chi connectivity index (χ2v) is 8.23. The quantitative estimate of drug-likeness (QED) is 0.467. The van der Waals surface area contributed by atoms with Crippen LogP contribution in [0.3, 0.4) is 0 Å². The zero-order valence-electron chi connectivity index (χ0n) is 16.3. The molecule has 0 radical (unpaired) electrons. The lowest BCUT2D eigenvalue weighted by molar-refractivity contribution is 0.135. The third-order valence-corrected chi connectivity index (χ3v) is 4.76. The molecule has 0 amide bonds. The number of nitrogens with one attached hydrogen (secondary N) is 2. The number of aliphatic hydroxyl groups is 1. The molecule has 2 rings (SSSR count).